The molecule has 0 fully saturated rings. The Morgan fingerprint density at radius 1 is 1.33 bits per heavy atom. The molecule has 18 heavy (non-hydrogen) atoms. The van der Waals surface area contributed by atoms with E-state index in [1.807, 2.05) is 6.92 Å². The lowest BCUT2D eigenvalue weighted by molar-refractivity contribution is 0.251. The molecular weight excluding hydrogens is 272 g/mol. The fourth-order valence-corrected chi connectivity index (χ4v) is 2.05. The van der Waals surface area contributed by atoms with Crippen molar-refractivity contribution in [2.45, 2.75) is 13.5 Å². The summed E-state index contributed by atoms with van der Waals surface area (Å²) in [7, 11) is 0. The van der Waals surface area contributed by atoms with E-state index in [0.717, 1.165) is 10.0 Å². The lowest BCUT2D eigenvalue weighted by Gasteiger charge is -2.05. The topological polar surface area (TPSA) is 66.9 Å². The highest BCUT2D eigenvalue weighted by atomic mass is 35.5. The van der Waals surface area contributed by atoms with Gasteiger partial charge in [0.05, 0.1) is 6.54 Å². The molecule has 2 N–H and O–H groups in total. The Balaban J connectivity index is 1.83. The molecule has 0 atom stereocenters. The van der Waals surface area contributed by atoms with Gasteiger partial charge in [-0.05, 0) is 31.2 Å². The van der Waals surface area contributed by atoms with Crippen LogP contribution in [0.4, 0.5) is 10.5 Å². The molecule has 0 aliphatic heterocycles. The van der Waals surface area contributed by atoms with Crippen molar-refractivity contribution >= 4 is 34.7 Å². The highest BCUT2D eigenvalue weighted by Gasteiger charge is 2.04. The summed E-state index contributed by atoms with van der Waals surface area (Å²) in [6.07, 6.45) is 0. The van der Waals surface area contributed by atoms with Crippen LogP contribution in [0.3, 0.4) is 0 Å². The van der Waals surface area contributed by atoms with E-state index in [1.165, 1.54) is 11.3 Å². The molecule has 7 heteroatoms. The van der Waals surface area contributed by atoms with Gasteiger partial charge in [-0.15, -0.1) is 10.2 Å². The van der Waals surface area contributed by atoms with Crippen molar-refractivity contribution in [2.75, 3.05) is 5.32 Å². The number of hydrogen-bond donors (Lipinski definition) is 2. The van der Waals surface area contributed by atoms with Crippen molar-refractivity contribution in [1.29, 1.82) is 0 Å². The SMILES string of the molecule is Cc1nnc(CNC(=O)Nc2ccc(Cl)cc2)s1. The van der Waals surface area contributed by atoms with Crippen LogP contribution in [0, 0.1) is 6.92 Å². The van der Waals surface area contributed by atoms with Gasteiger partial charge in [0.1, 0.15) is 10.0 Å². The standard InChI is InChI=1S/C11H11ClN4OS/c1-7-15-16-10(18-7)6-13-11(17)14-9-4-2-8(12)3-5-9/h2-5H,6H2,1H3,(H2,13,14,17). The maximum atomic E-state index is 11.6. The number of nitrogens with zero attached hydrogens (tertiary/aromatic N) is 2. The normalized spacial score (nSPS) is 10.1. The molecular formula is C11H11ClN4OS. The minimum Gasteiger partial charge on any atom is -0.331 e. The Labute approximate surface area is 113 Å². The summed E-state index contributed by atoms with van der Waals surface area (Å²) >= 11 is 7.21. The zero-order chi connectivity index (χ0) is 13.0. The van der Waals surface area contributed by atoms with Gasteiger partial charge in [0.2, 0.25) is 0 Å². The fraction of sp³-hybridized carbons (Fsp3) is 0.182. The van der Waals surface area contributed by atoms with E-state index in [9.17, 15) is 4.79 Å². The van der Waals surface area contributed by atoms with E-state index < -0.39 is 0 Å². The minimum absolute atomic E-state index is 0.287. The maximum Gasteiger partial charge on any atom is 0.319 e. The van der Waals surface area contributed by atoms with Crippen molar-refractivity contribution in [3.63, 3.8) is 0 Å². The van der Waals surface area contributed by atoms with Crippen LogP contribution in [-0.4, -0.2) is 16.2 Å². The molecule has 1 heterocycles. The lowest BCUT2D eigenvalue weighted by atomic mass is 10.3. The van der Waals surface area contributed by atoms with Crippen LogP contribution in [0.25, 0.3) is 0 Å². The van der Waals surface area contributed by atoms with Gasteiger partial charge in [0, 0.05) is 10.7 Å². The molecule has 0 radical (unpaired) electrons. The quantitative estimate of drug-likeness (QED) is 0.910. The molecule has 2 amide bonds. The molecule has 5 nitrogen and oxygen atoms in total. The van der Waals surface area contributed by atoms with Crippen LogP contribution in [-0.2, 0) is 6.54 Å². The summed E-state index contributed by atoms with van der Waals surface area (Å²) in [6, 6.07) is 6.61. The zero-order valence-corrected chi connectivity index (χ0v) is 11.2. The second-order valence-corrected chi connectivity index (χ2v) is 5.23. The summed E-state index contributed by atoms with van der Waals surface area (Å²) in [5.41, 5.74) is 0.686. The van der Waals surface area contributed by atoms with Gasteiger partial charge in [-0.3, -0.25) is 0 Å². The second-order valence-electron chi connectivity index (χ2n) is 3.53. The summed E-state index contributed by atoms with van der Waals surface area (Å²) in [5.74, 6) is 0. The maximum absolute atomic E-state index is 11.6. The average Bonchev–Trinajstić information content (AvgIpc) is 2.76. The highest BCUT2D eigenvalue weighted by Crippen LogP contribution is 2.13. The van der Waals surface area contributed by atoms with Crippen molar-refractivity contribution in [3.05, 3.63) is 39.3 Å². The average molecular weight is 283 g/mol. The lowest BCUT2D eigenvalue weighted by Crippen LogP contribution is -2.28. The Bertz CT molecular complexity index is 540. The van der Waals surface area contributed by atoms with E-state index in [4.69, 9.17) is 11.6 Å². The Hall–Kier alpha value is -1.66. The number of halogens is 1. The monoisotopic (exact) mass is 282 g/mol. The first-order valence-electron chi connectivity index (χ1n) is 5.23. The van der Waals surface area contributed by atoms with Crippen LogP contribution in [0.2, 0.25) is 5.02 Å². The van der Waals surface area contributed by atoms with Crippen molar-refractivity contribution in [3.8, 4) is 0 Å². The summed E-state index contributed by atoms with van der Waals surface area (Å²) in [6.45, 7) is 2.24. The molecule has 0 saturated heterocycles. The third kappa shape index (κ3) is 3.68. The molecule has 0 aliphatic rings. The second kappa shape index (κ2) is 5.79. The van der Waals surface area contributed by atoms with Gasteiger partial charge < -0.3 is 10.6 Å². The molecule has 1 aromatic carbocycles. The van der Waals surface area contributed by atoms with Crippen LogP contribution < -0.4 is 10.6 Å². The van der Waals surface area contributed by atoms with Gasteiger partial charge in [-0.25, -0.2) is 4.79 Å². The van der Waals surface area contributed by atoms with E-state index >= 15 is 0 Å². The van der Waals surface area contributed by atoms with Crippen LogP contribution in [0.15, 0.2) is 24.3 Å². The number of carbonyl (C=O) groups is 1. The van der Waals surface area contributed by atoms with Crippen LogP contribution in [0.1, 0.15) is 10.0 Å². The first-order chi connectivity index (χ1) is 8.63. The Morgan fingerprint density at radius 2 is 2.06 bits per heavy atom. The molecule has 2 rings (SSSR count). The van der Waals surface area contributed by atoms with E-state index in [-0.39, 0.29) is 6.03 Å². The summed E-state index contributed by atoms with van der Waals surface area (Å²) in [5, 5.41) is 15.5. The molecule has 0 spiro atoms. The van der Waals surface area contributed by atoms with E-state index in [1.54, 1.807) is 24.3 Å². The Kier molecular flexibility index (Phi) is 4.11. The molecule has 1 aromatic heterocycles. The number of hydrogen-bond acceptors (Lipinski definition) is 4. The predicted octanol–water partition coefficient (Wildman–Crippen LogP) is 2.82. The number of carbonyl (C=O) groups excluding carboxylic acids is 1. The fourth-order valence-electron chi connectivity index (χ4n) is 1.27. The molecule has 0 unspecified atom stereocenters. The molecule has 0 bridgehead atoms. The molecule has 94 valence electrons. The molecule has 2 aromatic rings. The van der Waals surface area contributed by atoms with E-state index in [0.29, 0.717) is 17.3 Å². The summed E-state index contributed by atoms with van der Waals surface area (Å²) in [4.78, 5) is 11.6. The number of amides is 2. The first kappa shape index (κ1) is 12.8. The third-order valence-corrected chi connectivity index (χ3v) is 3.16. The van der Waals surface area contributed by atoms with Crippen molar-refractivity contribution in [1.82, 2.24) is 15.5 Å². The number of nitrogens with one attached hydrogen (secondary N) is 2. The van der Waals surface area contributed by atoms with Crippen molar-refractivity contribution in [2.24, 2.45) is 0 Å². The largest absolute Gasteiger partial charge is 0.331 e. The number of aryl methyl sites for hydroxylation is 1. The molecule has 0 saturated carbocycles. The molecule has 0 aliphatic carbocycles. The smallest absolute Gasteiger partial charge is 0.319 e. The van der Waals surface area contributed by atoms with Gasteiger partial charge in [-0.2, -0.15) is 0 Å². The van der Waals surface area contributed by atoms with Gasteiger partial charge in [-0.1, -0.05) is 22.9 Å². The van der Waals surface area contributed by atoms with Crippen LogP contribution >= 0.6 is 22.9 Å². The Morgan fingerprint density at radius 3 is 2.67 bits per heavy atom. The van der Waals surface area contributed by atoms with Crippen molar-refractivity contribution < 1.29 is 4.79 Å². The van der Waals surface area contributed by atoms with Crippen LogP contribution in [0.5, 0.6) is 0 Å². The predicted molar refractivity (Wildman–Crippen MR) is 72.0 cm³/mol. The van der Waals surface area contributed by atoms with E-state index in [2.05, 4.69) is 20.8 Å². The van der Waals surface area contributed by atoms with Gasteiger partial charge in [0.15, 0.2) is 0 Å². The zero-order valence-electron chi connectivity index (χ0n) is 9.61. The number of anilines is 1. The highest BCUT2D eigenvalue weighted by molar-refractivity contribution is 7.11. The first-order valence-corrected chi connectivity index (χ1v) is 6.42. The number of benzene rings is 1. The number of rotatable bonds is 3. The summed E-state index contributed by atoms with van der Waals surface area (Å²) < 4.78 is 0. The third-order valence-electron chi connectivity index (χ3n) is 2.07. The number of aromatic nitrogens is 2. The minimum atomic E-state index is -0.287. The van der Waals surface area contributed by atoms with Gasteiger partial charge in [0.25, 0.3) is 0 Å². The number of urea groups is 1. The van der Waals surface area contributed by atoms with Gasteiger partial charge >= 0.3 is 6.03 Å².